The Hall–Kier alpha value is -2.47. The molecule has 20 heavy (non-hydrogen) atoms. The summed E-state index contributed by atoms with van der Waals surface area (Å²) in [4.78, 5) is 0. The van der Waals surface area contributed by atoms with Gasteiger partial charge in [0.25, 0.3) is 0 Å². The lowest BCUT2D eigenvalue weighted by Crippen LogP contribution is -2.18. The van der Waals surface area contributed by atoms with Gasteiger partial charge in [0.1, 0.15) is 11.8 Å². The molecular formula is C17H18N2O. The van der Waals surface area contributed by atoms with Crippen LogP contribution in [0, 0.1) is 11.3 Å². The van der Waals surface area contributed by atoms with Crippen LogP contribution in [0.1, 0.15) is 12.0 Å². The third-order valence-electron chi connectivity index (χ3n) is 3.16. The molecule has 0 aliphatic rings. The maximum Gasteiger partial charge on any atom is 0.141 e. The molecule has 0 spiro atoms. The van der Waals surface area contributed by atoms with Crippen LogP contribution in [0.15, 0.2) is 54.6 Å². The number of hydrogen-bond acceptors (Lipinski definition) is 3. The number of para-hydroxylation sites is 2. The Balaban J connectivity index is 1.97. The van der Waals surface area contributed by atoms with Gasteiger partial charge in [0.2, 0.25) is 0 Å². The van der Waals surface area contributed by atoms with Gasteiger partial charge in [-0.05, 0) is 30.5 Å². The number of nitrogens with zero attached hydrogens (tertiary/aromatic N) is 1. The van der Waals surface area contributed by atoms with Gasteiger partial charge in [-0.15, -0.1) is 0 Å². The van der Waals surface area contributed by atoms with E-state index in [0.717, 1.165) is 24.3 Å². The number of hydrogen-bond donors (Lipinski definition) is 1. The third kappa shape index (κ3) is 3.76. The van der Waals surface area contributed by atoms with Crippen molar-refractivity contribution in [1.29, 1.82) is 5.26 Å². The molecule has 0 heterocycles. The molecule has 3 heteroatoms. The molecule has 0 saturated heterocycles. The van der Waals surface area contributed by atoms with Gasteiger partial charge in [-0.3, -0.25) is 0 Å². The van der Waals surface area contributed by atoms with Crippen LogP contribution in [-0.4, -0.2) is 13.2 Å². The van der Waals surface area contributed by atoms with Crippen LogP contribution in [0.4, 0.5) is 5.69 Å². The molecule has 1 N–H and O–H groups in total. The fourth-order valence-corrected chi connectivity index (χ4v) is 2.08. The van der Waals surface area contributed by atoms with Crippen LogP contribution < -0.4 is 10.1 Å². The van der Waals surface area contributed by atoms with Crippen molar-refractivity contribution in [3.05, 3.63) is 60.2 Å². The molecule has 102 valence electrons. The molecule has 0 amide bonds. The zero-order valence-electron chi connectivity index (χ0n) is 11.5. The predicted octanol–water partition coefficient (Wildman–Crippen LogP) is 3.63. The summed E-state index contributed by atoms with van der Waals surface area (Å²) in [7, 11) is 1.63. The average Bonchev–Trinajstić information content (AvgIpc) is 2.52. The van der Waals surface area contributed by atoms with Crippen molar-refractivity contribution in [2.24, 2.45) is 0 Å². The highest BCUT2D eigenvalue weighted by Gasteiger charge is 2.10. The first kappa shape index (κ1) is 14.0. The quantitative estimate of drug-likeness (QED) is 0.868. The van der Waals surface area contributed by atoms with E-state index in [1.165, 1.54) is 5.56 Å². The second-order valence-electron chi connectivity index (χ2n) is 4.55. The van der Waals surface area contributed by atoms with E-state index in [2.05, 4.69) is 23.5 Å². The molecular weight excluding hydrogens is 248 g/mol. The molecule has 0 aromatic heterocycles. The van der Waals surface area contributed by atoms with E-state index in [0.29, 0.717) is 0 Å². The number of methoxy groups -OCH3 is 1. The summed E-state index contributed by atoms with van der Waals surface area (Å²) >= 11 is 0. The van der Waals surface area contributed by atoms with Gasteiger partial charge in [-0.2, -0.15) is 5.26 Å². The van der Waals surface area contributed by atoms with Crippen molar-refractivity contribution >= 4 is 5.69 Å². The maximum atomic E-state index is 9.28. The number of rotatable bonds is 6. The highest BCUT2D eigenvalue weighted by molar-refractivity contribution is 5.57. The fraction of sp³-hybridized carbons (Fsp3) is 0.235. The first-order valence-electron chi connectivity index (χ1n) is 6.66. The number of aryl methyl sites for hydroxylation is 1. The minimum atomic E-state index is -0.230. The fourth-order valence-electron chi connectivity index (χ4n) is 2.08. The number of benzene rings is 2. The average molecular weight is 266 g/mol. The molecule has 2 aromatic rings. The van der Waals surface area contributed by atoms with E-state index in [1.807, 2.05) is 42.5 Å². The van der Waals surface area contributed by atoms with Crippen LogP contribution >= 0.6 is 0 Å². The maximum absolute atomic E-state index is 9.28. The summed E-state index contributed by atoms with van der Waals surface area (Å²) in [6.07, 6.45) is 1.64. The number of nitriles is 1. The lowest BCUT2D eigenvalue weighted by Gasteiger charge is -2.15. The van der Waals surface area contributed by atoms with E-state index in [4.69, 9.17) is 4.74 Å². The Morgan fingerprint density at radius 2 is 1.80 bits per heavy atom. The summed E-state index contributed by atoms with van der Waals surface area (Å²) in [6.45, 7) is 0. The molecule has 3 nitrogen and oxygen atoms in total. The SMILES string of the molecule is COc1ccccc1NC(C#N)CCc1ccccc1. The molecule has 2 aromatic carbocycles. The second kappa shape index (κ2) is 7.20. The van der Waals surface area contributed by atoms with Gasteiger partial charge in [0, 0.05) is 0 Å². The van der Waals surface area contributed by atoms with Crippen molar-refractivity contribution in [2.75, 3.05) is 12.4 Å². The van der Waals surface area contributed by atoms with Gasteiger partial charge >= 0.3 is 0 Å². The van der Waals surface area contributed by atoms with Gasteiger partial charge < -0.3 is 10.1 Å². The zero-order valence-corrected chi connectivity index (χ0v) is 11.5. The molecule has 2 rings (SSSR count). The standard InChI is InChI=1S/C17H18N2O/c1-20-17-10-6-5-9-16(17)19-15(13-18)12-11-14-7-3-2-4-8-14/h2-10,15,19H,11-12H2,1H3. The Morgan fingerprint density at radius 3 is 2.50 bits per heavy atom. The first-order valence-corrected chi connectivity index (χ1v) is 6.66. The smallest absolute Gasteiger partial charge is 0.141 e. The van der Waals surface area contributed by atoms with E-state index >= 15 is 0 Å². The largest absolute Gasteiger partial charge is 0.495 e. The summed E-state index contributed by atoms with van der Waals surface area (Å²) in [5.74, 6) is 0.757. The van der Waals surface area contributed by atoms with Gasteiger partial charge in [0.05, 0.1) is 18.9 Å². The Labute approximate surface area is 119 Å². The second-order valence-corrected chi connectivity index (χ2v) is 4.55. The number of nitrogens with one attached hydrogen (secondary N) is 1. The summed E-state index contributed by atoms with van der Waals surface area (Å²) < 4.78 is 5.28. The van der Waals surface area contributed by atoms with Crippen LogP contribution in [0.5, 0.6) is 5.75 Å². The predicted molar refractivity (Wildman–Crippen MR) is 80.8 cm³/mol. The lowest BCUT2D eigenvalue weighted by atomic mass is 10.1. The lowest BCUT2D eigenvalue weighted by molar-refractivity contribution is 0.416. The monoisotopic (exact) mass is 266 g/mol. The highest BCUT2D eigenvalue weighted by Crippen LogP contribution is 2.24. The van der Waals surface area contributed by atoms with Crippen LogP contribution in [0.3, 0.4) is 0 Å². The van der Waals surface area contributed by atoms with Crippen molar-refractivity contribution in [2.45, 2.75) is 18.9 Å². The Kier molecular flexibility index (Phi) is 5.02. The Morgan fingerprint density at radius 1 is 1.10 bits per heavy atom. The van der Waals surface area contributed by atoms with Gasteiger partial charge in [-0.25, -0.2) is 0 Å². The summed E-state index contributed by atoms with van der Waals surface area (Å²) in [5.41, 5.74) is 2.10. The summed E-state index contributed by atoms with van der Waals surface area (Å²) in [6, 6.07) is 19.9. The van der Waals surface area contributed by atoms with Crippen molar-refractivity contribution in [3.63, 3.8) is 0 Å². The number of ether oxygens (including phenoxy) is 1. The summed E-state index contributed by atoms with van der Waals surface area (Å²) in [5, 5.41) is 12.5. The highest BCUT2D eigenvalue weighted by atomic mass is 16.5. The van der Waals surface area contributed by atoms with Gasteiger partial charge in [0.15, 0.2) is 0 Å². The molecule has 0 fully saturated rings. The molecule has 0 radical (unpaired) electrons. The zero-order chi connectivity index (χ0) is 14.2. The van der Waals surface area contributed by atoms with E-state index < -0.39 is 0 Å². The normalized spacial score (nSPS) is 11.4. The van der Waals surface area contributed by atoms with E-state index in [-0.39, 0.29) is 6.04 Å². The molecule has 1 atom stereocenters. The third-order valence-corrected chi connectivity index (χ3v) is 3.16. The molecule has 0 aliphatic heterocycles. The van der Waals surface area contributed by atoms with Gasteiger partial charge in [-0.1, -0.05) is 42.5 Å². The molecule has 0 bridgehead atoms. The van der Waals surface area contributed by atoms with E-state index in [1.54, 1.807) is 7.11 Å². The van der Waals surface area contributed by atoms with E-state index in [9.17, 15) is 5.26 Å². The minimum Gasteiger partial charge on any atom is -0.495 e. The molecule has 1 unspecified atom stereocenters. The molecule has 0 aliphatic carbocycles. The first-order chi connectivity index (χ1) is 9.83. The Bertz CT molecular complexity index is 575. The van der Waals surface area contributed by atoms with Crippen molar-refractivity contribution < 1.29 is 4.74 Å². The number of anilines is 1. The van der Waals surface area contributed by atoms with Crippen LogP contribution in [0.2, 0.25) is 0 Å². The van der Waals surface area contributed by atoms with Crippen molar-refractivity contribution in [1.82, 2.24) is 0 Å². The topological polar surface area (TPSA) is 45.0 Å². The van der Waals surface area contributed by atoms with Crippen molar-refractivity contribution in [3.8, 4) is 11.8 Å². The van der Waals surface area contributed by atoms with Crippen LogP contribution in [-0.2, 0) is 6.42 Å². The van der Waals surface area contributed by atoms with Crippen LogP contribution in [0.25, 0.3) is 0 Å². The molecule has 0 saturated carbocycles. The minimum absolute atomic E-state index is 0.230.